The summed E-state index contributed by atoms with van der Waals surface area (Å²) in [7, 11) is -3.22. The molecule has 0 amide bonds. The molecule has 0 radical (unpaired) electrons. The topological polar surface area (TPSA) is 71.0 Å². The quantitative estimate of drug-likeness (QED) is 0.385. The number of rotatable bonds is 4. The highest BCUT2D eigenvalue weighted by atomic mass is 127. The second kappa shape index (κ2) is 10.1. The van der Waals surface area contributed by atoms with Crippen LogP contribution < -0.4 is 5.32 Å². The van der Waals surface area contributed by atoms with Gasteiger partial charge in [-0.05, 0) is 44.2 Å². The molecule has 152 valence electrons. The fraction of sp³-hybridized carbons (Fsp3) is 0.632. The molecule has 2 aliphatic heterocycles. The lowest BCUT2D eigenvalue weighted by Crippen LogP contribution is -2.47. The normalized spacial score (nSPS) is 20.6. The Labute approximate surface area is 179 Å². The van der Waals surface area contributed by atoms with Crippen molar-refractivity contribution in [2.75, 3.05) is 44.4 Å². The van der Waals surface area contributed by atoms with E-state index in [0.717, 1.165) is 37.6 Å². The Hall–Kier alpha value is -0.870. The first-order chi connectivity index (χ1) is 12.5. The third-order valence-electron chi connectivity index (χ3n) is 5.39. The van der Waals surface area contributed by atoms with Gasteiger partial charge in [0.15, 0.2) is 15.8 Å². The molecule has 0 aromatic heterocycles. The van der Waals surface area contributed by atoms with E-state index in [0.29, 0.717) is 26.1 Å². The lowest BCUT2D eigenvalue weighted by Gasteiger charge is -2.35. The number of nitrogens with zero attached hydrogens (tertiary/aromatic N) is 2. The van der Waals surface area contributed by atoms with Crippen LogP contribution in [-0.2, 0) is 14.6 Å². The maximum absolute atomic E-state index is 12.5. The van der Waals surface area contributed by atoms with E-state index in [2.05, 4.69) is 10.2 Å². The molecule has 1 aromatic carbocycles. The number of hydrogen-bond donors (Lipinski definition) is 1. The molecule has 0 spiro atoms. The Morgan fingerprint density at radius 3 is 2.37 bits per heavy atom. The zero-order valence-electron chi connectivity index (χ0n) is 15.9. The van der Waals surface area contributed by atoms with Crippen molar-refractivity contribution in [2.24, 2.45) is 4.99 Å². The summed E-state index contributed by atoms with van der Waals surface area (Å²) in [4.78, 5) is 7.04. The minimum atomic E-state index is -3.22. The van der Waals surface area contributed by atoms with E-state index in [1.807, 2.05) is 30.3 Å². The lowest BCUT2D eigenvalue weighted by molar-refractivity contribution is 0.0767. The molecule has 3 rings (SSSR count). The number of anilines is 1. The third kappa shape index (κ3) is 5.80. The van der Waals surface area contributed by atoms with Crippen molar-refractivity contribution in [1.29, 1.82) is 0 Å². The predicted molar refractivity (Wildman–Crippen MR) is 121 cm³/mol. The number of aliphatic imine (C=N–C) groups is 1. The van der Waals surface area contributed by atoms with E-state index in [4.69, 9.17) is 9.73 Å². The molecule has 2 aliphatic rings. The van der Waals surface area contributed by atoms with Crippen molar-refractivity contribution in [2.45, 2.75) is 36.9 Å². The molecule has 2 saturated heterocycles. The Morgan fingerprint density at radius 2 is 1.78 bits per heavy atom. The van der Waals surface area contributed by atoms with Gasteiger partial charge in [0.2, 0.25) is 0 Å². The molecule has 8 heteroatoms. The van der Waals surface area contributed by atoms with Crippen LogP contribution in [0.4, 0.5) is 5.69 Å². The van der Waals surface area contributed by atoms with Crippen molar-refractivity contribution in [1.82, 2.24) is 4.90 Å². The van der Waals surface area contributed by atoms with E-state index in [-0.39, 0.29) is 30.5 Å². The molecular weight excluding hydrogens is 477 g/mol. The maximum atomic E-state index is 12.5. The summed E-state index contributed by atoms with van der Waals surface area (Å²) in [5.41, 5.74) is 0.970. The predicted octanol–water partition coefficient (Wildman–Crippen LogP) is 3.15. The second-order valence-electron chi connectivity index (χ2n) is 7.25. The summed E-state index contributed by atoms with van der Waals surface area (Å²) >= 11 is 0. The SMILES string of the molecule is CS(=O)(=O)C1(CN=C(Nc2ccccc2)N2CCCCC2)CCOCC1.I. The fourth-order valence-electron chi connectivity index (χ4n) is 3.58. The molecule has 1 aromatic rings. The fourth-order valence-corrected chi connectivity index (χ4v) is 4.79. The molecular formula is C19H30IN3O3S. The van der Waals surface area contributed by atoms with E-state index in [1.165, 1.54) is 12.7 Å². The zero-order valence-corrected chi connectivity index (χ0v) is 19.0. The van der Waals surface area contributed by atoms with E-state index in [1.54, 1.807) is 0 Å². The number of hydrogen-bond acceptors (Lipinski definition) is 4. The third-order valence-corrected chi connectivity index (χ3v) is 7.50. The van der Waals surface area contributed by atoms with E-state index >= 15 is 0 Å². The summed E-state index contributed by atoms with van der Waals surface area (Å²) in [6, 6.07) is 9.93. The van der Waals surface area contributed by atoms with Crippen LogP contribution in [0.5, 0.6) is 0 Å². The number of piperidine rings is 1. The number of sulfone groups is 1. The number of guanidine groups is 1. The van der Waals surface area contributed by atoms with Crippen molar-refractivity contribution in [3.63, 3.8) is 0 Å². The zero-order chi connectivity index (χ0) is 18.5. The highest BCUT2D eigenvalue weighted by Crippen LogP contribution is 2.30. The first-order valence-corrected chi connectivity index (χ1v) is 11.3. The summed E-state index contributed by atoms with van der Waals surface area (Å²) in [5.74, 6) is 0.783. The van der Waals surface area contributed by atoms with Crippen molar-refractivity contribution >= 4 is 45.5 Å². The van der Waals surface area contributed by atoms with E-state index in [9.17, 15) is 8.42 Å². The summed E-state index contributed by atoms with van der Waals surface area (Å²) in [6.07, 6.45) is 5.86. The van der Waals surface area contributed by atoms with E-state index < -0.39 is 14.6 Å². The van der Waals surface area contributed by atoms with Gasteiger partial charge in [-0.2, -0.15) is 0 Å². The van der Waals surface area contributed by atoms with Crippen LogP contribution in [0.15, 0.2) is 35.3 Å². The van der Waals surface area contributed by atoms with Crippen molar-refractivity contribution in [3.05, 3.63) is 30.3 Å². The Balaban J connectivity index is 0.00000261. The van der Waals surface area contributed by atoms with Gasteiger partial charge in [0.1, 0.15) is 0 Å². The van der Waals surface area contributed by atoms with Gasteiger partial charge in [0.25, 0.3) is 0 Å². The lowest BCUT2D eigenvalue weighted by atomic mass is 9.99. The van der Waals surface area contributed by atoms with Gasteiger partial charge in [-0.3, -0.25) is 4.99 Å². The van der Waals surface area contributed by atoms with Crippen LogP contribution in [0.1, 0.15) is 32.1 Å². The minimum Gasteiger partial charge on any atom is -0.381 e. The monoisotopic (exact) mass is 507 g/mol. The molecule has 0 aliphatic carbocycles. The number of likely N-dealkylation sites (tertiary alicyclic amines) is 1. The van der Waals surface area contributed by atoms with Gasteiger partial charge in [-0.15, -0.1) is 24.0 Å². The van der Waals surface area contributed by atoms with Crippen molar-refractivity contribution < 1.29 is 13.2 Å². The van der Waals surface area contributed by atoms with Crippen LogP contribution in [0.25, 0.3) is 0 Å². The van der Waals surface area contributed by atoms with Crippen molar-refractivity contribution in [3.8, 4) is 0 Å². The molecule has 2 fully saturated rings. The molecule has 0 unspecified atom stereocenters. The molecule has 0 saturated carbocycles. The van der Waals surface area contributed by atoms with Crippen LogP contribution >= 0.6 is 24.0 Å². The van der Waals surface area contributed by atoms with Gasteiger partial charge in [0, 0.05) is 38.2 Å². The average Bonchev–Trinajstić information content (AvgIpc) is 2.66. The number of benzene rings is 1. The molecule has 2 heterocycles. The standard InChI is InChI=1S/C19H29N3O3S.HI/c1-26(23,24)19(10-14-25-15-11-19)16-20-18(22-12-6-3-7-13-22)21-17-8-4-2-5-9-17;/h2,4-5,8-9H,3,6-7,10-16H2,1H3,(H,20,21);1H. The molecule has 0 atom stereocenters. The second-order valence-corrected chi connectivity index (χ2v) is 9.66. The van der Waals surface area contributed by atoms with Gasteiger partial charge in [-0.1, -0.05) is 18.2 Å². The molecule has 1 N–H and O–H groups in total. The number of para-hydroxylation sites is 1. The van der Waals surface area contributed by atoms with Crippen LogP contribution in [-0.4, -0.2) is 63.1 Å². The molecule has 27 heavy (non-hydrogen) atoms. The summed E-state index contributed by atoms with van der Waals surface area (Å²) in [5, 5.41) is 3.41. The summed E-state index contributed by atoms with van der Waals surface area (Å²) in [6.45, 7) is 3.14. The van der Waals surface area contributed by atoms with Gasteiger partial charge in [0.05, 0.1) is 11.3 Å². The Bertz CT molecular complexity index is 713. The number of nitrogens with one attached hydrogen (secondary N) is 1. The van der Waals surface area contributed by atoms with Crippen LogP contribution in [0.3, 0.4) is 0 Å². The van der Waals surface area contributed by atoms with Gasteiger partial charge >= 0.3 is 0 Å². The summed E-state index contributed by atoms with van der Waals surface area (Å²) < 4.78 is 29.6. The van der Waals surface area contributed by atoms with Gasteiger partial charge in [-0.25, -0.2) is 8.42 Å². The average molecular weight is 507 g/mol. The molecule has 6 nitrogen and oxygen atoms in total. The van der Waals surface area contributed by atoms with Gasteiger partial charge < -0.3 is 15.0 Å². The first-order valence-electron chi connectivity index (χ1n) is 9.39. The Kier molecular flexibility index (Phi) is 8.36. The van der Waals surface area contributed by atoms with Crippen LogP contribution in [0.2, 0.25) is 0 Å². The minimum absolute atomic E-state index is 0. The number of halogens is 1. The maximum Gasteiger partial charge on any atom is 0.198 e. The highest BCUT2D eigenvalue weighted by Gasteiger charge is 2.42. The number of ether oxygens (including phenoxy) is 1. The smallest absolute Gasteiger partial charge is 0.198 e. The molecule has 0 bridgehead atoms. The Morgan fingerprint density at radius 1 is 1.15 bits per heavy atom. The highest BCUT2D eigenvalue weighted by molar-refractivity contribution is 14.0. The van der Waals surface area contributed by atoms with Crippen LogP contribution in [0, 0.1) is 0 Å². The first kappa shape index (κ1) is 22.4. The largest absolute Gasteiger partial charge is 0.381 e.